The first-order chi connectivity index (χ1) is 9.62. The van der Waals surface area contributed by atoms with Gasteiger partial charge < -0.3 is 24.4 Å². The number of nitrogens with zero attached hydrogens (tertiary/aromatic N) is 1. The number of rotatable bonds is 9. The molecule has 0 atom stereocenters. The molecule has 0 aliphatic heterocycles. The number of methoxy groups -OCH3 is 2. The molecule has 0 unspecified atom stereocenters. The average Bonchev–Trinajstić information content (AvgIpc) is 2.43. The Hall–Kier alpha value is -1.46. The number of benzene rings is 1. The van der Waals surface area contributed by atoms with Crippen LogP contribution < -0.4 is 19.5 Å². The van der Waals surface area contributed by atoms with Gasteiger partial charge in [0.1, 0.15) is 0 Å². The van der Waals surface area contributed by atoms with Crippen molar-refractivity contribution < 1.29 is 14.2 Å². The van der Waals surface area contributed by atoms with E-state index in [2.05, 4.69) is 10.2 Å². The molecular weight excluding hydrogens is 256 g/mol. The van der Waals surface area contributed by atoms with Gasteiger partial charge in [0.05, 0.1) is 20.8 Å². The fraction of sp³-hybridized carbons (Fsp3) is 0.600. The topological polar surface area (TPSA) is 43.0 Å². The molecule has 5 nitrogen and oxygen atoms in total. The third-order valence-electron chi connectivity index (χ3n) is 2.90. The van der Waals surface area contributed by atoms with Crippen molar-refractivity contribution in [2.24, 2.45) is 0 Å². The fourth-order valence-corrected chi connectivity index (χ4v) is 1.94. The van der Waals surface area contributed by atoms with Crippen molar-refractivity contribution in [3.05, 3.63) is 17.7 Å². The van der Waals surface area contributed by atoms with Gasteiger partial charge in [-0.1, -0.05) is 0 Å². The molecule has 1 rings (SSSR count). The number of hydrogen-bond donors (Lipinski definition) is 1. The molecule has 0 saturated heterocycles. The number of hydrogen-bond acceptors (Lipinski definition) is 5. The van der Waals surface area contributed by atoms with Gasteiger partial charge >= 0.3 is 0 Å². The molecule has 0 bridgehead atoms. The second-order valence-electron chi connectivity index (χ2n) is 4.87. The smallest absolute Gasteiger partial charge is 0.203 e. The summed E-state index contributed by atoms with van der Waals surface area (Å²) in [4.78, 5) is 2.13. The Morgan fingerprint density at radius 1 is 1.10 bits per heavy atom. The highest BCUT2D eigenvalue weighted by atomic mass is 16.5. The van der Waals surface area contributed by atoms with Crippen LogP contribution in [-0.2, 0) is 6.54 Å². The third kappa shape index (κ3) is 4.90. The molecule has 0 radical (unpaired) electrons. The minimum atomic E-state index is 0.635. The van der Waals surface area contributed by atoms with Gasteiger partial charge in [0.2, 0.25) is 5.75 Å². The lowest BCUT2D eigenvalue weighted by Crippen LogP contribution is -2.16. The number of nitrogens with one attached hydrogen (secondary N) is 1. The van der Waals surface area contributed by atoms with Gasteiger partial charge in [-0.05, 0) is 45.3 Å². The molecule has 5 heteroatoms. The predicted octanol–water partition coefficient (Wildman–Crippen LogP) is 1.75. The first-order valence-corrected chi connectivity index (χ1v) is 6.79. The van der Waals surface area contributed by atoms with E-state index in [4.69, 9.17) is 14.2 Å². The van der Waals surface area contributed by atoms with E-state index in [1.54, 1.807) is 14.2 Å². The van der Waals surface area contributed by atoms with Crippen molar-refractivity contribution in [1.82, 2.24) is 10.2 Å². The van der Waals surface area contributed by atoms with E-state index in [1.807, 2.05) is 33.3 Å². The molecule has 114 valence electrons. The summed E-state index contributed by atoms with van der Waals surface area (Å²) in [6.45, 7) is 2.38. The maximum Gasteiger partial charge on any atom is 0.203 e. The van der Waals surface area contributed by atoms with Gasteiger partial charge in [-0.25, -0.2) is 0 Å². The zero-order valence-electron chi connectivity index (χ0n) is 13.2. The summed E-state index contributed by atoms with van der Waals surface area (Å²) in [5, 5.41) is 3.11. The quantitative estimate of drug-likeness (QED) is 0.699. The van der Waals surface area contributed by atoms with E-state index in [-0.39, 0.29) is 0 Å². The highest BCUT2D eigenvalue weighted by Crippen LogP contribution is 2.38. The van der Waals surface area contributed by atoms with Gasteiger partial charge in [-0.3, -0.25) is 0 Å². The van der Waals surface area contributed by atoms with E-state index < -0.39 is 0 Å². The Labute approximate surface area is 121 Å². The van der Waals surface area contributed by atoms with Gasteiger partial charge in [0.25, 0.3) is 0 Å². The van der Waals surface area contributed by atoms with E-state index in [1.165, 1.54) is 0 Å². The maximum atomic E-state index is 5.84. The molecular formula is C15H26N2O3. The van der Waals surface area contributed by atoms with Crippen molar-refractivity contribution in [2.75, 3.05) is 48.5 Å². The molecule has 1 N–H and O–H groups in total. The van der Waals surface area contributed by atoms with Crippen LogP contribution in [0, 0.1) is 0 Å². The molecule has 1 aromatic rings. The summed E-state index contributed by atoms with van der Waals surface area (Å²) in [5.74, 6) is 2.09. The lowest BCUT2D eigenvalue weighted by Gasteiger charge is -2.17. The van der Waals surface area contributed by atoms with Crippen molar-refractivity contribution >= 4 is 0 Å². The van der Waals surface area contributed by atoms with Crippen molar-refractivity contribution in [1.29, 1.82) is 0 Å². The zero-order chi connectivity index (χ0) is 15.0. The minimum absolute atomic E-state index is 0.635. The summed E-state index contributed by atoms with van der Waals surface area (Å²) < 4.78 is 16.7. The highest BCUT2D eigenvalue weighted by molar-refractivity contribution is 5.53. The molecule has 0 aliphatic carbocycles. The molecule has 0 amide bonds. The van der Waals surface area contributed by atoms with Gasteiger partial charge in [-0.15, -0.1) is 0 Å². The van der Waals surface area contributed by atoms with Gasteiger partial charge in [-0.2, -0.15) is 0 Å². The zero-order valence-corrected chi connectivity index (χ0v) is 13.2. The van der Waals surface area contributed by atoms with E-state index in [0.29, 0.717) is 23.9 Å². The van der Waals surface area contributed by atoms with Crippen LogP contribution in [0.15, 0.2) is 12.1 Å². The fourth-order valence-electron chi connectivity index (χ4n) is 1.94. The van der Waals surface area contributed by atoms with Crippen LogP contribution in [0.25, 0.3) is 0 Å². The van der Waals surface area contributed by atoms with Crippen LogP contribution in [0.4, 0.5) is 0 Å². The largest absolute Gasteiger partial charge is 0.493 e. The molecule has 20 heavy (non-hydrogen) atoms. The first-order valence-electron chi connectivity index (χ1n) is 6.79. The Morgan fingerprint density at radius 2 is 1.70 bits per heavy atom. The summed E-state index contributed by atoms with van der Waals surface area (Å²) in [7, 11) is 9.29. The van der Waals surface area contributed by atoms with Crippen LogP contribution in [0.1, 0.15) is 12.0 Å². The summed E-state index contributed by atoms with van der Waals surface area (Å²) in [6, 6.07) is 3.95. The van der Waals surface area contributed by atoms with E-state index in [0.717, 1.165) is 25.1 Å². The van der Waals surface area contributed by atoms with Crippen molar-refractivity contribution in [3.63, 3.8) is 0 Å². The van der Waals surface area contributed by atoms with Crippen LogP contribution >= 0.6 is 0 Å². The lowest BCUT2D eigenvalue weighted by atomic mass is 10.2. The number of ether oxygens (including phenoxy) is 3. The molecule has 1 aromatic carbocycles. The molecule has 0 heterocycles. The summed E-state index contributed by atoms with van der Waals surface area (Å²) >= 11 is 0. The van der Waals surface area contributed by atoms with Crippen LogP contribution in [0.3, 0.4) is 0 Å². The van der Waals surface area contributed by atoms with Crippen LogP contribution in [0.2, 0.25) is 0 Å². The Morgan fingerprint density at radius 3 is 2.15 bits per heavy atom. The first kappa shape index (κ1) is 16.6. The predicted molar refractivity (Wildman–Crippen MR) is 81.0 cm³/mol. The lowest BCUT2D eigenvalue weighted by molar-refractivity contribution is 0.254. The molecule has 0 aliphatic rings. The normalized spacial score (nSPS) is 10.7. The molecule has 0 saturated carbocycles. The third-order valence-corrected chi connectivity index (χ3v) is 2.90. The summed E-state index contributed by atoms with van der Waals surface area (Å²) in [6.07, 6.45) is 0.956. The maximum absolute atomic E-state index is 5.84. The molecule has 0 fully saturated rings. The Kier molecular flexibility index (Phi) is 7.18. The summed E-state index contributed by atoms with van der Waals surface area (Å²) in [5.41, 5.74) is 1.10. The van der Waals surface area contributed by atoms with Crippen molar-refractivity contribution in [3.8, 4) is 17.2 Å². The van der Waals surface area contributed by atoms with Crippen LogP contribution in [-0.4, -0.2) is 53.4 Å². The Bertz CT molecular complexity index is 383. The molecule has 0 aromatic heterocycles. The van der Waals surface area contributed by atoms with E-state index in [9.17, 15) is 0 Å². The average molecular weight is 282 g/mol. The second-order valence-corrected chi connectivity index (χ2v) is 4.87. The standard InChI is InChI=1S/C15H26N2O3/c1-16-11-12-9-13(18-4)15(14(10-12)19-5)20-8-6-7-17(2)3/h9-10,16H,6-8,11H2,1-5H3. The van der Waals surface area contributed by atoms with Crippen LogP contribution in [0.5, 0.6) is 17.2 Å². The highest BCUT2D eigenvalue weighted by Gasteiger charge is 2.14. The van der Waals surface area contributed by atoms with E-state index >= 15 is 0 Å². The minimum Gasteiger partial charge on any atom is -0.493 e. The van der Waals surface area contributed by atoms with Gasteiger partial charge in [0.15, 0.2) is 11.5 Å². The van der Waals surface area contributed by atoms with Crippen molar-refractivity contribution in [2.45, 2.75) is 13.0 Å². The monoisotopic (exact) mass is 282 g/mol. The van der Waals surface area contributed by atoms with Gasteiger partial charge in [0, 0.05) is 13.1 Å². The SMILES string of the molecule is CNCc1cc(OC)c(OCCCN(C)C)c(OC)c1. The Balaban J connectivity index is 2.81. The molecule has 0 spiro atoms. The second kappa shape index (κ2) is 8.66.